The number of carbonyl (C=O) groups excluding carboxylic acids is 1. The van der Waals surface area contributed by atoms with E-state index in [1.807, 2.05) is 47.8 Å². The van der Waals surface area contributed by atoms with Gasteiger partial charge in [0.2, 0.25) is 5.91 Å². The minimum atomic E-state index is -0.0194. The monoisotopic (exact) mass is 427 g/mol. The van der Waals surface area contributed by atoms with Crippen molar-refractivity contribution in [3.8, 4) is 10.6 Å². The van der Waals surface area contributed by atoms with Gasteiger partial charge in [-0.25, -0.2) is 4.98 Å². The van der Waals surface area contributed by atoms with Crippen LogP contribution >= 0.6 is 22.9 Å². The second-order valence-corrected chi connectivity index (χ2v) is 8.02. The molecule has 0 aliphatic carbocycles. The minimum absolute atomic E-state index is 0.0194. The lowest BCUT2D eigenvalue weighted by Crippen LogP contribution is -2.38. The van der Waals surface area contributed by atoms with Crippen LogP contribution < -0.4 is 5.32 Å². The lowest BCUT2D eigenvalue weighted by atomic mass is 10.0. The number of nitrogens with zero attached hydrogens (tertiary/aromatic N) is 2. The maximum absolute atomic E-state index is 12.6. The van der Waals surface area contributed by atoms with Gasteiger partial charge in [-0.3, -0.25) is 9.69 Å². The van der Waals surface area contributed by atoms with Crippen molar-refractivity contribution in [1.82, 2.24) is 15.2 Å². The first-order valence-corrected chi connectivity index (χ1v) is 11.1. The Hall–Kier alpha value is -2.21. The van der Waals surface area contributed by atoms with E-state index >= 15 is 0 Å². The fraction of sp³-hybridized carbons (Fsp3) is 0.304. The SMILES string of the molecule is CCN(CC)C(CNC(=O)Cc1csc(-c2ccccc2Cl)n1)c1ccccc1. The second kappa shape index (κ2) is 10.5. The van der Waals surface area contributed by atoms with E-state index in [2.05, 4.69) is 41.2 Å². The zero-order valence-electron chi connectivity index (χ0n) is 16.8. The fourth-order valence-corrected chi connectivity index (χ4v) is 4.52. The van der Waals surface area contributed by atoms with Gasteiger partial charge < -0.3 is 5.32 Å². The molecule has 29 heavy (non-hydrogen) atoms. The molecule has 3 aromatic rings. The molecule has 0 fully saturated rings. The molecular formula is C23H26ClN3OS. The normalized spacial score (nSPS) is 12.1. The Bertz CT molecular complexity index is 925. The molecule has 0 saturated carbocycles. The summed E-state index contributed by atoms with van der Waals surface area (Å²) in [6.07, 6.45) is 0.265. The van der Waals surface area contributed by atoms with Gasteiger partial charge in [0.25, 0.3) is 0 Å². The third-order valence-electron chi connectivity index (χ3n) is 4.93. The summed E-state index contributed by atoms with van der Waals surface area (Å²) in [4.78, 5) is 19.5. The third-order valence-corrected chi connectivity index (χ3v) is 6.18. The molecule has 4 nitrogen and oxygen atoms in total. The van der Waals surface area contributed by atoms with E-state index in [9.17, 15) is 4.79 Å². The molecule has 0 saturated heterocycles. The van der Waals surface area contributed by atoms with Gasteiger partial charge in [-0.2, -0.15) is 0 Å². The number of nitrogens with one attached hydrogen (secondary N) is 1. The summed E-state index contributed by atoms with van der Waals surface area (Å²) in [7, 11) is 0. The van der Waals surface area contributed by atoms with Crippen LogP contribution in [0.15, 0.2) is 60.0 Å². The zero-order valence-corrected chi connectivity index (χ0v) is 18.3. The predicted molar refractivity (Wildman–Crippen MR) is 121 cm³/mol. The van der Waals surface area contributed by atoms with Crippen LogP contribution in [0.5, 0.6) is 0 Å². The fourth-order valence-electron chi connectivity index (χ4n) is 3.38. The zero-order chi connectivity index (χ0) is 20.6. The molecular weight excluding hydrogens is 402 g/mol. The molecule has 6 heteroatoms. The van der Waals surface area contributed by atoms with E-state index in [0.29, 0.717) is 11.6 Å². The summed E-state index contributed by atoms with van der Waals surface area (Å²) in [5.41, 5.74) is 2.88. The Morgan fingerprint density at radius 3 is 2.48 bits per heavy atom. The number of hydrogen-bond acceptors (Lipinski definition) is 4. The molecule has 0 radical (unpaired) electrons. The van der Waals surface area contributed by atoms with E-state index in [0.717, 1.165) is 29.4 Å². The number of carbonyl (C=O) groups is 1. The number of rotatable bonds is 9. The lowest BCUT2D eigenvalue weighted by Gasteiger charge is -2.30. The van der Waals surface area contributed by atoms with Gasteiger partial charge in [-0.15, -0.1) is 11.3 Å². The highest BCUT2D eigenvalue weighted by atomic mass is 35.5. The molecule has 2 aromatic carbocycles. The van der Waals surface area contributed by atoms with Crippen LogP contribution in [0.2, 0.25) is 5.02 Å². The van der Waals surface area contributed by atoms with Gasteiger partial charge in [-0.05, 0) is 24.7 Å². The molecule has 1 atom stereocenters. The summed E-state index contributed by atoms with van der Waals surface area (Å²) < 4.78 is 0. The van der Waals surface area contributed by atoms with Crippen LogP contribution in [-0.2, 0) is 11.2 Å². The Balaban J connectivity index is 1.63. The molecule has 152 valence electrons. The van der Waals surface area contributed by atoms with Gasteiger partial charge in [0, 0.05) is 17.5 Å². The third kappa shape index (κ3) is 5.66. The van der Waals surface area contributed by atoms with Crippen molar-refractivity contribution in [2.75, 3.05) is 19.6 Å². The number of aromatic nitrogens is 1. The van der Waals surface area contributed by atoms with Gasteiger partial charge in [0.05, 0.1) is 23.2 Å². The van der Waals surface area contributed by atoms with Crippen LogP contribution in [0.3, 0.4) is 0 Å². The Kier molecular flexibility index (Phi) is 7.81. The van der Waals surface area contributed by atoms with E-state index in [1.54, 1.807) is 0 Å². The van der Waals surface area contributed by atoms with Crippen molar-refractivity contribution in [2.45, 2.75) is 26.3 Å². The van der Waals surface area contributed by atoms with Crippen molar-refractivity contribution >= 4 is 28.8 Å². The highest BCUT2D eigenvalue weighted by molar-refractivity contribution is 7.13. The number of halogens is 1. The largest absolute Gasteiger partial charge is 0.354 e. The quantitative estimate of drug-likeness (QED) is 0.510. The second-order valence-electron chi connectivity index (χ2n) is 6.75. The van der Waals surface area contributed by atoms with Crippen molar-refractivity contribution in [1.29, 1.82) is 0 Å². The molecule has 1 amide bonds. The van der Waals surface area contributed by atoms with Gasteiger partial charge >= 0.3 is 0 Å². The number of likely N-dealkylation sites (N-methyl/N-ethyl adjacent to an activating group) is 1. The van der Waals surface area contributed by atoms with Crippen molar-refractivity contribution < 1.29 is 4.79 Å². The maximum Gasteiger partial charge on any atom is 0.226 e. The van der Waals surface area contributed by atoms with E-state index in [-0.39, 0.29) is 18.4 Å². The Morgan fingerprint density at radius 1 is 1.10 bits per heavy atom. The van der Waals surface area contributed by atoms with Crippen LogP contribution in [0, 0.1) is 0 Å². The minimum Gasteiger partial charge on any atom is -0.354 e. The van der Waals surface area contributed by atoms with Crippen LogP contribution in [0.4, 0.5) is 0 Å². The number of hydrogen-bond donors (Lipinski definition) is 1. The molecule has 0 spiro atoms. The van der Waals surface area contributed by atoms with Crippen molar-refractivity contribution in [3.05, 3.63) is 76.3 Å². The number of thiazole rings is 1. The topological polar surface area (TPSA) is 45.2 Å². The summed E-state index contributed by atoms with van der Waals surface area (Å²) in [6.45, 7) is 6.73. The van der Waals surface area contributed by atoms with E-state index < -0.39 is 0 Å². The summed E-state index contributed by atoms with van der Waals surface area (Å²) >= 11 is 7.76. The molecule has 1 aromatic heterocycles. The smallest absolute Gasteiger partial charge is 0.226 e. The summed E-state index contributed by atoms with van der Waals surface area (Å²) in [5.74, 6) is -0.0194. The molecule has 1 heterocycles. The van der Waals surface area contributed by atoms with Gasteiger partial charge in [0.15, 0.2) is 0 Å². The van der Waals surface area contributed by atoms with Gasteiger partial charge in [-0.1, -0.05) is 74.0 Å². The molecule has 0 aliphatic heterocycles. The van der Waals surface area contributed by atoms with Crippen LogP contribution in [-0.4, -0.2) is 35.4 Å². The average Bonchev–Trinajstić information content (AvgIpc) is 3.20. The van der Waals surface area contributed by atoms with Crippen molar-refractivity contribution in [3.63, 3.8) is 0 Å². The molecule has 1 unspecified atom stereocenters. The first-order chi connectivity index (χ1) is 14.1. The van der Waals surface area contributed by atoms with E-state index in [4.69, 9.17) is 11.6 Å². The standard InChI is InChI=1S/C23H26ClN3OS/c1-3-27(4-2)21(17-10-6-5-7-11-17)15-25-22(28)14-18-16-29-23(26-18)19-12-8-9-13-20(19)24/h5-13,16,21H,3-4,14-15H2,1-2H3,(H,25,28). The number of amides is 1. The summed E-state index contributed by atoms with van der Waals surface area (Å²) in [6, 6.07) is 18.1. The van der Waals surface area contributed by atoms with Gasteiger partial charge in [0.1, 0.15) is 5.01 Å². The Labute approximate surface area is 181 Å². The van der Waals surface area contributed by atoms with Crippen molar-refractivity contribution in [2.24, 2.45) is 0 Å². The number of benzene rings is 2. The first-order valence-electron chi connectivity index (χ1n) is 9.87. The molecule has 3 rings (SSSR count). The lowest BCUT2D eigenvalue weighted by molar-refractivity contribution is -0.120. The first kappa shape index (κ1) is 21.5. The van der Waals surface area contributed by atoms with E-state index in [1.165, 1.54) is 16.9 Å². The highest BCUT2D eigenvalue weighted by Crippen LogP contribution is 2.30. The highest BCUT2D eigenvalue weighted by Gasteiger charge is 2.19. The van der Waals surface area contributed by atoms with Crippen LogP contribution in [0.1, 0.15) is 31.1 Å². The molecule has 0 bridgehead atoms. The summed E-state index contributed by atoms with van der Waals surface area (Å²) in [5, 5.41) is 6.53. The van der Waals surface area contributed by atoms with Crippen LogP contribution in [0.25, 0.3) is 10.6 Å². The Morgan fingerprint density at radius 2 is 1.79 bits per heavy atom. The molecule has 0 aliphatic rings. The maximum atomic E-state index is 12.6. The predicted octanol–water partition coefficient (Wildman–Crippen LogP) is 5.21. The average molecular weight is 428 g/mol. The molecule has 1 N–H and O–H groups in total.